The van der Waals surface area contributed by atoms with E-state index in [-0.39, 0.29) is 0 Å². The molecule has 1 heterocycles. The molecule has 3 heteroatoms. The molecule has 0 radical (unpaired) electrons. The van der Waals surface area contributed by atoms with Gasteiger partial charge in [-0.25, -0.2) is 0 Å². The van der Waals surface area contributed by atoms with Gasteiger partial charge < -0.3 is 0 Å². The van der Waals surface area contributed by atoms with Gasteiger partial charge in [0.2, 0.25) is 0 Å². The summed E-state index contributed by atoms with van der Waals surface area (Å²) in [5, 5.41) is 2.23. The predicted octanol–water partition coefficient (Wildman–Crippen LogP) is 7.17. The van der Waals surface area contributed by atoms with E-state index in [0.717, 1.165) is 3.39 Å². The Hall–Kier alpha value is -1.16. The Bertz CT molecular complexity index is 754. The summed E-state index contributed by atoms with van der Waals surface area (Å²) in [5.74, 6) is 0. The second-order valence-electron chi connectivity index (χ2n) is 4.55. The molecule has 0 atom stereocenters. The van der Waals surface area contributed by atoms with Gasteiger partial charge >= 0.3 is 0 Å². The van der Waals surface area contributed by atoms with E-state index in [2.05, 4.69) is 91.8 Å². The largest absolute Gasteiger partial charge is 0.143 e. The van der Waals surface area contributed by atoms with Crippen LogP contribution in [0.4, 0.5) is 0 Å². The Balaban J connectivity index is 2.23. The van der Waals surface area contributed by atoms with Gasteiger partial charge in [0, 0.05) is 16.0 Å². The van der Waals surface area contributed by atoms with Crippen LogP contribution in [0.25, 0.3) is 28.3 Å². The number of rotatable bonds is 3. The second kappa shape index (κ2) is 6.73. The van der Waals surface area contributed by atoms with Gasteiger partial charge in [0.05, 0.1) is 3.39 Å². The first-order chi connectivity index (χ1) is 10.3. The van der Waals surface area contributed by atoms with E-state index in [1.807, 2.05) is 12.1 Å². The van der Waals surface area contributed by atoms with Crippen molar-refractivity contribution in [2.45, 2.75) is 0 Å². The van der Waals surface area contributed by atoms with Crippen molar-refractivity contribution in [2.75, 3.05) is 0 Å². The quantitative estimate of drug-likeness (QED) is 0.422. The van der Waals surface area contributed by atoms with Gasteiger partial charge in [-0.05, 0) is 54.4 Å². The SMILES string of the molecule is BrC(Br)=Cc1scc(-c2ccccc2)c1-c1ccccc1. The van der Waals surface area contributed by atoms with Gasteiger partial charge in [-0.3, -0.25) is 0 Å². The third kappa shape index (κ3) is 3.37. The van der Waals surface area contributed by atoms with Crippen molar-refractivity contribution in [1.29, 1.82) is 0 Å². The number of halogens is 2. The van der Waals surface area contributed by atoms with E-state index in [1.54, 1.807) is 11.3 Å². The van der Waals surface area contributed by atoms with Crippen LogP contribution in [0.15, 0.2) is 69.4 Å². The Labute approximate surface area is 145 Å². The van der Waals surface area contributed by atoms with E-state index in [9.17, 15) is 0 Å². The highest BCUT2D eigenvalue weighted by Crippen LogP contribution is 2.41. The molecule has 104 valence electrons. The highest BCUT2D eigenvalue weighted by Gasteiger charge is 2.13. The molecule has 0 fully saturated rings. The topological polar surface area (TPSA) is 0 Å². The lowest BCUT2D eigenvalue weighted by atomic mass is 9.97. The monoisotopic (exact) mass is 418 g/mol. The van der Waals surface area contributed by atoms with Crippen molar-refractivity contribution < 1.29 is 0 Å². The molecule has 1 aromatic heterocycles. The van der Waals surface area contributed by atoms with Crippen molar-refractivity contribution in [2.24, 2.45) is 0 Å². The van der Waals surface area contributed by atoms with E-state index in [4.69, 9.17) is 0 Å². The van der Waals surface area contributed by atoms with Crippen LogP contribution < -0.4 is 0 Å². The van der Waals surface area contributed by atoms with Gasteiger partial charge in [-0.1, -0.05) is 60.7 Å². The highest BCUT2D eigenvalue weighted by atomic mass is 79.9. The van der Waals surface area contributed by atoms with Crippen LogP contribution in [0.5, 0.6) is 0 Å². The molecule has 3 aromatic rings. The van der Waals surface area contributed by atoms with Crippen molar-refractivity contribution in [1.82, 2.24) is 0 Å². The summed E-state index contributed by atoms with van der Waals surface area (Å²) < 4.78 is 0.952. The zero-order valence-corrected chi connectivity index (χ0v) is 15.1. The molecule has 0 spiro atoms. The van der Waals surface area contributed by atoms with Crippen molar-refractivity contribution in [3.63, 3.8) is 0 Å². The summed E-state index contributed by atoms with van der Waals surface area (Å²) in [6, 6.07) is 21.1. The lowest BCUT2D eigenvalue weighted by molar-refractivity contribution is 1.63. The van der Waals surface area contributed by atoms with Gasteiger partial charge in [0.25, 0.3) is 0 Å². The normalized spacial score (nSPS) is 10.4. The third-order valence-electron chi connectivity index (χ3n) is 3.21. The molecule has 0 amide bonds. The van der Waals surface area contributed by atoms with Crippen LogP contribution in [-0.2, 0) is 0 Å². The predicted molar refractivity (Wildman–Crippen MR) is 101 cm³/mol. The number of benzene rings is 2. The minimum atomic E-state index is 0.952. The fourth-order valence-electron chi connectivity index (χ4n) is 2.31. The zero-order chi connectivity index (χ0) is 14.7. The first kappa shape index (κ1) is 14.8. The summed E-state index contributed by atoms with van der Waals surface area (Å²) in [6.45, 7) is 0. The molecule has 0 unspecified atom stereocenters. The first-order valence-corrected chi connectivity index (χ1v) is 8.97. The van der Waals surface area contributed by atoms with Gasteiger partial charge in [0.1, 0.15) is 0 Å². The van der Waals surface area contributed by atoms with Crippen molar-refractivity contribution in [3.8, 4) is 22.3 Å². The Kier molecular flexibility index (Phi) is 4.73. The fourth-order valence-corrected chi connectivity index (χ4v) is 4.10. The molecular weight excluding hydrogens is 408 g/mol. The first-order valence-electron chi connectivity index (χ1n) is 6.51. The van der Waals surface area contributed by atoms with Crippen molar-refractivity contribution >= 4 is 49.3 Å². The van der Waals surface area contributed by atoms with Crippen LogP contribution in [0.1, 0.15) is 4.88 Å². The molecule has 0 aliphatic carbocycles. The average Bonchev–Trinajstić information content (AvgIpc) is 2.92. The molecule has 0 saturated heterocycles. The maximum atomic E-state index is 3.47. The second-order valence-corrected chi connectivity index (χ2v) is 8.24. The summed E-state index contributed by atoms with van der Waals surface area (Å²) in [4.78, 5) is 1.24. The Morgan fingerprint density at radius 1 is 0.810 bits per heavy atom. The molecule has 3 rings (SSSR count). The lowest BCUT2D eigenvalue weighted by Crippen LogP contribution is -1.82. The summed E-state index contributed by atoms with van der Waals surface area (Å²) in [5.41, 5.74) is 5.05. The lowest BCUT2D eigenvalue weighted by Gasteiger charge is -2.07. The molecular formula is C18H12Br2S. The Morgan fingerprint density at radius 3 is 1.95 bits per heavy atom. The summed E-state index contributed by atoms with van der Waals surface area (Å²) in [7, 11) is 0. The molecule has 0 bridgehead atoms. The molecule has 0 saturated carbocycles. The van der Waals surface area contributed by atoms with Gasteiger partial charge in [0.15, 0.2) is 0 Å². The number of hydrogen-bond acceptors (Lipinski definition) is 1. The molecule has 2 aromatic carbocycles. The van der Waals surface area contributed by atoms with Crippen molar-refractivity contribution in [3.05, 3.63) is 74.3 Å². The maximum Gasteiger partial charge on any atom is 0.0618 e. The minimum absolute atomic E-state index is 0.952. The molecule has 0 nitrogen and oxygen atoms in total. The molecule has 0 aliphatic rings. The van der Waals surface area contributed by atoms with Crippen LogP contribution in [-0.4, -0.2) is 0 Å². The van der Waals surface area contributed by atoms with Crippen LogP contribution >= 0.6 is 43.2 Å². The summed E-state index contributed by atoms with van der Waals surface area (Å²) in [6.07, 6.45) is 2.11. The van der Waals surface area contributed by atoms with Gasteiger partial charge in [-0.15, -0.1) is 11.3 Å². The fraction of sp³-hybridized carbons (Fsp3) is 0. The van der Waals surface area contributed by atoms with Gasteiger partial charge in [-0.2, -0.15) is 0 Å². The third-order valence-corrected chi connectivity index (χ3v) is 4.59. The number of thiophene rings is 1. The zero-order valence-electron chi connectivity index (χ0n) is 11.1. The average molecular weight is 420 g/mol. The van der Waals surface area contributed by atoms with Crippen LogP contribution in [0.3, 0.4) is 0 Å². The number of hydrogen-bond donors (Lipinski definition) is 0. The molecule has 21 heavy (non-hydrogen) atoms. The maximum absolute atomic E-state index is 3.47. The Morgan fingerprint density at radius 2 is 1.38 bits per heavy atom. The van der Waals surface area contributed by atoms with E-state index >= 15 is 0 Å². The minimum Gasteiger partial charge on any atom is -0.143 e. The van der Waals surface area contributed by atoms with E-state index < -0.39 is 0 Å². The van der Waals surface area contributed by atoms with E-state index in [0.29, 0.717) is 0 Å². The van der Waals surface area contributed by atoms with Crippen LogP contribution in [0.2, 0.25) is 0 Å². The molecule has 0 N–H and O–H groups in total. The summed E-state index contributed by atoms with van der Waals surface area (Å²) >= 11 is 8.69. The standard InChI is InChI=1S/C18H12Br2S/c19-17(20)11-16-18(14-9-5-2-6-10-14)15(12-21-16)13-7-3-1-4-8-13/h1-12H. The smallest absolute Gasteiger partial charge is 0.0618 e. The van der Waals surface area contributed by atoms with E-state index in [1.165, 1.54) is 27.1 Å². The van der Waals surface area contributed by atoms with Crippen LogP contribution in [0, 0.1) is 0 Å². The highest BCUT2D eigenvalue weighted by molar-refractivity contribution is 9.28. The molecule has 0 aliphatic heterocycles.